The van der Waals surface area contributed by atoms with Crippen LogP contribution in [0.3, 0.4) is 0 Å². The van der Waals surface area contributed by atoms with Gasteiger partial charge in [0.05, 0.1) is 30.8 Å². The Morgan fingerprint density at radius 2 is 1.81 bits per heavy atom. The van der Waals surface area contributed by atoms with E-state index in [0.717, 1.165) is 9.87 Å². The molecule has 3 rings (SSSR count). The van der Waals surface area contributed by atoms with E-state index in [0.29, 0.717) is 18.8 Å². The van der Waals surface area contributed by atoms with Crippen molar-refractivity contribution < 1.29 is 37.6 Å². The van der Waals surface area contributed by atoms with Crippen molar-refractivity contribution >= 4 is 16.1 Å². The van der Waals surface area contributed by atoms with E-state index in [9.17, 15) is 23.4 Å². The molecule has 2 aromatic carbocycles. The lowest BCUT2D eigenvalue weighted by atomic mass is 9.95. The monoisotopic (exact) mass is 536 g/mol. The Morgan fingerprint density at radius 3 is 2.35 bits per heavy atom. The molecule has 3 unspecified atom stereocenters. The first-order valence-corrected chi connectivity index (χ1v) is 13.5. The summed E-state index contributed by atoms with van der Waals surface area (Å²) in [5.74, 6) is -2.88. The fraction of sp³-hybridized carbons (Fsp3) is 0.500. The second-order valence-corrected chi connectivity index (χ2v) is 11.7. The van der Waals surface area contributed by atoms with Crippen molar-refractivity contribution in [3.05, 3.63) is 60.2 Å². The molecule has 1 saturated heterocycles. The highest BCUT2D eigenvalue weighted by molar-refractivity contribution is 7.89. The zero-order valence-corrected chi connectivity index (χ0v) is 22.4. The predicted octanol–water partition coefficient (Wildman–Crippen LogP) is 2.50. The smallest absolute Gasteiger partial charge is 0.410 e. The molecule has 1 heterocycles. The molecule has 1 aliphatic heterocycles. The lowest BCUT2D eigenvalue weighted by molar-refractivity contribution is -0.141. The van der Waals surface area contributed by atoms with Crippen molar-refractivity contribution in [2.75, 3.05) is 26.9 Å². The van der Waals surface area contributed by atoms with Gasteiger partial charge in [-0.05, 0) is 50.1 Å². The second kappa shape index (κ2) is 11.8. The van der Waals surface area contributed by atoms with Crippen LogP contribution >= 0.6 is 0 Å². The zero-order chi connectivity index (χ0) is 27.3. The van der Waals surface area contributed by atoms with E-state index in [1.54, 1.807) is 6.92 Å². The number of rotatable bonds is 11. The maximum absolute atomic E-state index is 13.9. The Bertz CT molecular complexity index is 1130. The second-order valence-electron chi connectivity index (χ2n) is 9.83. The molecule has 0 radical (unpaired) electrons. The maximum Gasteiger partial charge on any atom is 0.410 e. The van der Waals surface area contributed by atoms with Gasteiger partial charge in [0.25, 0.3) is 0 Å². The van der Waals surface area contributed by atoms with Crippen LogP contribution in [0, 0.1) is 5.92 Å². The Kier molecular flexibility index (Phi) is 9.19. The molecule has 10 nitrogen and oxygen atoms in total. The number of benzene rings is 2. The number of hydrogen-bond acceptors (Lipinski definition) is 8. The summed E-state index contributed by atoms with van der Waals surface area (Å²) in [7, 11) is -3.00. The normalized spacial score (nSPS) is 18.7. The molecule has 0 saturated carbocycles. The average molecular weight is 537 g/mol. The maximum atomic E-state index is 13.9. The average Bonchev–Trinajstić information content (AvgIpc) is 3.35. The molecule has 1 amide bonds. The molecule has 11 heteroatoms. The van der Waals surface area contributed by atoms with E-state index < -0.39 is 46.1 Å². The molecule has 3 atom stereocenters. The number of nitrogens with zero attached hydrogens (tertiary/aromatic N) is 1. The minimum Gasteiger partial charge on any atom is -0.497 e. The molecule has 1 aliphatic rings. The quantitative estimate of drug-likeness (QED) is 0.373. The van der Waals surface area contributed by atoms with Gasteiger partial charge in [0.2, 0.25) is 15.9 Å². The van der Waals surface area contributed by atoms with Crippen LogP contribution < -0.4 is 10.1 Å². The van der Waals surface area contributed by atoms with E-state index >= 15 is 0 Å². The molecule has 2 aromatic rings. The van der Waals surface area contributed by atoms with E-state index in [2.05, 4.69) is 5.32 Å². The van der Waals surface area contributed by atoms with Crippen molar-refractivity contribution in [2.45, 2.75) is 56.1 Å². The molecular weight excluding hydrogens is 500 g/mol. The van der Waals surface area contributed by atoms with Crippen molar-refractivity contribution in [1.29, 1.82) is 0 Å². The molecule has 37 heavy (non-hydrogen) atoms. The number of sulfonamides is 1. The van der Waals surface area contributed by atoms with E-state index in [-0.39, 0.29) is 17.9 Å². The summed E-state index contributed by atoms with van der Waals surface area (Å²) in [4.78, 5) is 12.8. The summed E-state index contributed by atoms with van der Waals surface area (Å²) in [5.41, 5.74) is -0.747. The van der Waals surface area contributed by atoms with Crippen molar-refractivity contribution in [1.82, 2.24) is 9.62 Å². The highest BCUT2D eigenvalue weighted by Gasteiger charge is 2.50. The minimum atomic E-state index is -4.45. The van der Waals surface area contributed by atoms with Gasteiger partial charge < -0.3 is 24.4 Å². The van der Waals surface area contributed by atoms with Gasteiger partial charge in [-0.2, -0.15) is 0 Å². The highest BCUT2D eigenvalue weighted by atomic mass is 32.2. The lowest BCUT2D eigenvalue weighted by Gasteiger charge is -2.44. The number of ether oxygens (including phenoxy) is 3. The summed E-state index contributed by atoms with van der Waals surface area (Å²) in [6.07, 6.45) is -0.814. The van der Waals surface area contributed by atoms with Crippen molar-refractivity contribution in [3.63, 3.8) is 0 Å². The Hall–Kier alpha value is -2.70. The van der Waals surface area contributed by atoms with Gasteiger partial charge >= 0.3 is 6.09 Å². The predicted molar refractivity (Wildman–Crippen MR) is 136 cm³/mol. The van der Waals surface area contributed by atoms with Crippen LogP contribution in [0.2, 0.25) is 0 Å². The Morgan fingerprint density at radius 1 is 1.16 bits per heavy atom. The molecule has 3 N–H and O–H groups in total. The van der Waals surface area contributed by atoms with Gasteiger partial charge in [-0.3, -0.25) is 5.32 Å². The third kappa shape index (κ3) is 7.42. The molecule has 1 fully saturated rings. The SMILES string of the molecule is COc1ccc(S(=O)(=O)N(CC(C)(C)O)C(O)(NC(=O)OC2CCOC2)C(C)Cc2ccccc2)cc1. The number of nitrogens with one attached hydrogen (secondary N) is 1. The van der Waals surface area contributed by atoms with Crippen LogP contribution in [0.5, 0.6) is 5.75 Å². The molecule has 0 spiro atoms. The first-order valence-electron chi connectivity index (χ1n) is 12.1. The highest BCUT2D eigenvalue weighted by Crippen LogP contribution is 2.32. The fourth-order valence-corrected chi connectivity index (χ4v) is 5.91. The minimum absolute atomic E-state index is 0.151. The van der Waals surface area contributed by atoms with E-state index in [1.165, 1.54) is 45.2 Å². The summed E-state index contributed by atoms with van der Waals surface area (Å²) in [6.45, 7) is 4.57. The number of alkyl carbamates (subject to hydrolysis) is 1. The van der Waals surface area contributed by atoms with Gasteiger partial charge in [0.15, 0.2) is 0 Å². The third-order valence-corrected chi connectivity index (χ3v) is 7.93. The largest absolute Gasteiger partial charge is 0.497 e. The Labute approximate surface area is 218 Å². The van der Waals surface area contributed by atoms with Crippen LogP contribution in [0.1, 0.15) is 32.8 Å². The summed E-state index contributed by atoms with van der Waals surface area (Å²) >= 11 is 0. The first kappa shape index (κ1) is 28.9. The fourth-order valence-electron chi connectivity index (χ4n) is 4.09. The lowest BCUT2D eigenvalue weighted by Crippen LogP contribution is -2.68. The standard InChI is InChI=1S/C26H36N2O8S/c1-19(16-20-8-6-5-7-9-20)26(31,27-24(29)36-22-14-15-35-17-22)28(18-25(2,3)30)37(32,33)23-12-10-21(34-4)11-13-23/h5-13,19,22,30-31H,14-18H2,1-4H3,(H,27,29). The zero-order valence-electron chi connectivity index (χ0n) is 21.6. The number of carbonyl (C=O) groups excluding carboxylic acids is 1. The van der Waals surface area contributed by atoms with Crippen molar-refractivity contribution in [3.8, 4) is 5.75 Å². The van der Waals surface area contributed by atoms with Gasteiger partial charge in [-0.1, -0.05) is 37.3 Å². The Balaban J connectivity index is 2.05. The molecule has 0 bridgehead atoms. The van der Waals surface area contributed by atoms with Crippen LogP contribution in [-0.4, -0.2) is 73.5 Å². The van der Waals surface area contributed by atoms with Gasteiger partial charge in [-0.25, -0.2) is 13.2 Å². The number of aliphatic hydroxyl groups is 2. The molecular formula is C26H36N2O8S. The van der Waals surface area contributed by atoms with Gasteiger partial charge in [0.1, 0.15) is 11.9 Å². The number of amides is 1. The molecule has 0 aliphatic carbocycles. The van der Waals surface area contributed by atoms with Crippen molar-refractivity contribution in [2.24, 2.45) is 5.92 Å². The van der Waals surface area contributed by atoms with E-state index in [4.69, 9.17) is 14.2 Å². The number of hydrogen-bond donors (Lipinski definition) is 3. The van der Waals surface area contributed by atoms with Gasteiger partial charge in [0, 0.05) is 18.9 Å². The summed E-state index contributed by atoms with van der Waals surface area (Å²) in [5, 5.41) is 25.2. The summed E-state index contributed by atoms with van der Waals surface area (Å²) < 4.78 is 44.4. The number of carbonyl (C=O) groups is 1. The molecule has 204 valence electrons. The van der Waals surface area contributed by atoms with Crippen LogP contribution in [-0.2, 0) is 25.9 Å². The third-order valence-electron chi connectivity index (χ3n) is 6.08. The van der Waals surface area contributed by atoms with Crippen LogP contribution in [0.15, 0.2) is 59.5 Å². The van der Waals surface area contributed by atoms with Crippen LogP contribution in [0.4, 0.5) is 4.79 Å². The molecule has 0 aromatic heterocycles. The van der Waals surface area contributed by atoms with Gasteiger partial charge in [-0.15, -0.1) is 4.31 Å². The van der Waals surface area contributed by atoms with E-state index in [1.807, 2.05) is 30.3 Å². The topological polar surface area (TPSA) is 135 Å². The summed E-state index contributed by atoms with van der Waals surface area (Å²) in [6, 6.07) is 14.8. The van der Waals surface area contributed by atoms with Crippen LogP contribution in [0.25, 0.3) is 0 Å². The first-order chi connectivity index (χ1) is 17.3. The number of methoxy groups -OCH3 is 1.